The van der Waals surface area contributed by atoms with Crippen LogP contribution in [0.25, 0.3) is 10.9 Å². The van der Waals surface area contributed by atoms with Crippen LogP contribution in [0.1, 0.15) is 22.8 Å². The van der Waals surface area contributed by atoms with Crippen molar-refractivity contribution in [1.29, 1.82) is 0 Å². The Hall–Kier alpha value is -3.08. The molecule has 0 bridgehead atoms. The Morgan fingerprint density at radius 3 is 2.52 bits per heavy atom. The number of aromatic nitrogens is 1. The first-order valence-corrected chi connectivity index (χ1v) is 8.24. The summed E-state index contributed by atoms with van der Waals surface area (Å²) in [6.07, 6.45) is 1.61. The summed E-state index contributed by atoms with van der Waals surface area (Å²) >= 11 is 0. The van der Waals surface area contributed by atoms with Crippen molar-refractivity contribution in [3.8, 4) is 0 Å². The van der Waals surface area contributed by atoms with E-state index in [1.54, 1.807) is 11.1 Å². The average molecular weight is 336 g/mol. The molecular formula is C20H20N2O3. The molecule has 0 spiro atoms. The molecule has 0 aliphatic rings. The number of esters is 1. The number of nitrogens with zero attached hydrogens (tertiary/aromatic N) is 1. The number of hydrogen-bond acceptors (Lipinski definition) is 3. The maximum Gasteiger partial charge on any atom is 0.340 e. The van der Waals surface area contributed by atoms with Gasteiger partial charge in [-0.05, 0) is 18.6 Å². The topological polar surface area (TPSA) is 62.4 Å². The largest absolute Gasteiger partial charge is 0.452 e. The maximum absolute atomic E-state index is 12.4. The number of hydrogen-bond donors (Lipinski definition) is 1. The van der Waals surface area contributed by atoms with Gasteiger partial charge in [0, 0.05) is 30.2 Å². The van der Waals surface area contributed by atoms with Crippen LogP contribution in [-0.4, -0.2) is 34.9 Å². The number of carbonyl (C=O) groups excluding carboxylic acids is 2. The highest BCUT2D eigenvalue weighted by atomic mass is 16.5. The summed E-state index contributed by atoms with van der Waals surface area (Å²) in [7, 11) is 0. The minimum atomic E-state index is -0.499. The van der Waals surface area contributed by atoms with E-state index >= 15 is 0 Å². The van der Waals surface area contributed by atoms with Crippen molar-refractivity contribution < 1.29 is 14.3 Å². The van der Waals surface area contributed by atoms with Crippen molar-refractivity contribution in [1.82, 2.24) is 9.88 Å². The Labute approximate surface area is 146 Å². The lowest BCUT2D eigenvalue weighted by molar-refractivity contribution is -0.134. The Balaban J connectivity index is 1.61. The van der Waals surface area contributed by atoms with Crippen molar-refractivity contribution in [2.45, 2.75) is 13.5 Å². The second-order valence-electron chi connectivity index (χ2n) is 5.72. The summed E-state index contributed by atoms with van der Waals surface area (Å²) < 4.78 is 5.23. The number of nitrogens with one attached hydrogen (secondary N) is 1. The first-order valence-electron chi connectivity index (χ1n) is 8.24. The molecule has 128 valence electrons. The summed E-state index contributed by atoms with van der Waals surface area (Å²) in [5.74, 6) is -0.707. The van der Waals surface area contributed by atoms with Crippen molar-refractivity contribution in [3.05, 3.63) is 71.9 Å². The molecule has 3 rings (SSSR count). The quantitative estimate of drug-likeness (QED) is 0.702. The third-order valence-corrected chi connectivity index (χ3v) is 4.09. The van der Waals surface area contributed by atoms with Gasteiger partial charge in [-0.25, -0.2) is 4.79 Å². The molecule has 0 saturated carbocycles. The zero-order valence-corrected chi connectivity index (χ0v) is 14.1. The van der Waals surface area contributed by atoms with Gasteiger partial charge in [-0.1, -0.05) is 48.5 Å². The molecule has 0 atom stereocenters. The number of benzene rings is 2. The number of rotatable bonds is 6. The van der Waals surface area contributed by atoms with Crippen LogP contribution in [-0.2, 0) is 16.1 Å². The molecular weight excluding hydrogens is 316 g/mol. The summed E-state index contributed by atoms with van der Waals surface area (Å²) in [5, 5.41) is 0.789. The highest BCUT2D eigenvalue weighted by Gasteiger charge is 2.17. The Morgan fingerprint density at radius 2 is 1.76 bits per heavy atom. The number of fused-ring (bicyclic) bond motifs is 1. The minimum Gasteiger partial charge on any atom is -0.452 e. The predicted octanol–water partition coefficient (Wildman–Crippen LogP) is 3.37. The number of amides is 1. The first-order chi connectivity index (χ1) is 12.2. The summed E-state index contributed by atoms with van der Waals surface area (Å²) in [4.78, 5) is 29.3. The zero-order chi connectivity index (χ0) is 17.6. The number of para-hydroxylation sites is 1. The number of carbonyl (C=O) groups is 2. The standard InChI is InChI=1S/C20H20N2O3/c1-2-22(13-15-8-4-3-5-9-15)19(23)14-25-20(24)17-12-21-18-11-7-6-10-16(17)18/h3-12,21H,2,13-14H2,1H3. The highest BCUT2D eigenvalue weighted by Crippen LogP contribution is 2.18. The van der Waals surface area contributed by atoms with Crippen LogP contribution in [0.5, 0.6) is 0 Å². The van der Waals surface area contributed by atoms with Crippen LogP contribution >= 0.6 is 0 Å². The lowest BCUT2D eigenvalue weighted by Gasteiger charge is -2.20. The fourth-order valence-corrected chi connectivity index (χ4v) is 2.72. The number of ether oxygens (including phenoxy) is 1. The van der Waals surface area contributed by atoms with Gasteiger partial charge < -0.3 is 14.6 Å². The Bertz CT molecular complexity index is 871. The van der Waals surface area contributed by atoms with E-state index in [-0.39, 0.29) is 12.5 Å². The third-order valence-electron chi connectivity index (χ3n) is 4.09. The van der Waals surface area contributed by atoms with Gasteiger partial charge in [-0.3, -0.25) is 4.79 Å². The lowest BCUT2D eigenvalue weighted by Crippen LogP contribution is -2.34. The van der Waals surface area contributed by atoms with Crippen LogP contribution in [0.15, 0.2) is 60.8 Å². The van der Waals surface area contributed by atoms with Crippen LogP contribution in [0, 0.1) is 0 Å². The third kappa shape index (κ3) is 3.88. The van der Waals surface area contributed by atoms with E-state index < -0.39 is 5.97 Å². The molecule has 1 N–H and O–H groups in total. The summed E-state index contributed by atoms with van der Waals surface area (Å²) in [6, 6.07) is 17.2. The fourth-order valence-electron chi connectivity index (χ4n) is 2.72. The van der Waals surface area contributed by atoms with E-state index in [4.69, 9.17) is 4.74 Å². The molecule has 25 heavy (non-hydrogen) atoms. The molecule has 1 heterocycles. The molecule has 0 fully saturated rings. The molecule has 5 heteroatoms. The van der Waals surface area contributed by atoms with Gasteiger partial charge in [-0.15, -0.1) is 0 Å². The van der Waals surface area contributed by atoms with Crippen LogP contribution < -0.4 is 0 Å². The van der Waals surface area contributed by atoms with Gasteiger partial charge in [-0.2, -0.15) is 0 Å². The van der Waals surface area contributed by atoms with Gasteiger partial charge in [0.15, 0.2) is 6.61 Å². The van der Waals surface area contributed by atoms with Crippen LogP contribution in [0.3, 0.4) is 0 Å². The van der Waals surface area contributed by atoms with Crippen molar-refractivity contribution >= 4 is 22.8 Å². The predicted molar refractivity (Wildman–Crippen MR) is 96.1 cm³/mol. The van der Waals surface area contributed by atoms with Gasteiger partial charge >= 0.3 is 5.97 Å². The van der Waals surface area contributed by atoms with Gasteiger partial charge in [0.05, 0.1) is 5.56 Å². The second-order valence-corrected chi connectivity index (χ2v) is 5.72. The van der Waals surface area contributed by atoms with E-state index in [9.17, 15) is 9.59 Å². The first kappa shape index (κ1) is 16.8. The highest BCUT2D eigenvalue weighted by molar-refractivity contribution is 6.04. The van der Waals surface area contributed by atoms with Gasteiger partial charge in [0.2, 0.25) is 0 Å². The molecule has 5 nitrogen and oxygen atoms in total. The van der Waals surface area contributed by atoms with E-state index in [1.165, 1.54) is 0 Å². The average Bonchev–Trinajstić information content (AvgIpc) is 3.09. The number of likely N-dealkylation sites (N-methyl/N-ethyl adjacent to an activating group) is 1. The molecule has 1 amide bonds. The smallest absolute Gasteiger partial charge is 0.340 e. The molecule has 0 aliphatic heterocycles. The number of H-pyrrole nitrogens is 1. The van der Waals surface area contributed by atoms with Crippen molar-refractivity contribution in [2.24, 2.45) is 0 Å². The van der Waals surface area contributed by atoms with E-state index in [0.717, 1.165) is 16.5 Å². The summed E-state index contributed by atoms with van der Waals surface area (Å²) in [6.45, 7) is 2.69. The molecule has 2 aromatic carbocycles. The molecule has 0 unspecified atom stereocenters. The van der Waals surface area contributed by atoms with Gasteiger partial charge in [0.25, 0.3) is 5.91 Å². The van der Waals surface area contributed by atoms with E-state index in [2.05, 4.69) is 4.98 Å². The number of aromatic amines is 1. The van der Waals surface area contributed by atoms with E-state index in [1.807, 2.05) is 61.5 Å². The molecule has 0 radical (unpaired) electrons. The van der Waals surface area contributed by atoms with Crippen LogP contribution in [0.4, 0.5) is 0 Å². The maximum atomic E-state index is 12.4. The zero-order valence-electron chi connectivity index (χ0n) is 14.1. The molecule has 1 aromatic heterocycles. The van der Waals surface area contributed by atoms with Crippen LogP contribution in [0.2, 0.25) is 0 Å². The molecule has 0 aliphatic carbocycles. The van der Waals surface area contributed by atoms with Crippen molar-refractivity contribution in [3.63, 3.8) is 0 Å². The SMILES string of the molecule is CCN(Cc1ccccc1)C(=O)COC(=O)c1c[nH]c2ccccc12. The lowest BCUT2D eigenvalue weighted by atomic mass is 10.2. The Morgan fingerprint density at radius 1 is 1.04 bits per heavy atom. The normalized spacial score (nSPS) is 10.6. The van der Waals surface area contributed by atoms with Crippen molar-refractivity contribution in [2.75, 3.05) is 13.2 Å². The molecule has 0 saturated heterocycles. The van der Waals surface area contributed by atoms with Gasteiger partial charge in [0.1, 0.15) is 0 Å². The molecule has 3 aromatic rings. The van der Waals surface area contributed by atoms with E-state index in [0.29, 0.717) is 18.7 Å². The second kappa shape index (κ2) is 7.66. The minimum absolute atomic E-state index is 0.209. The summed E-state index contributed by atoms with van der Waals surface area (Å²) in [5.41, 5.74) is 2.34. The fraction of sp³-hybridized carbons (Fsp3) is 0.200. The monoisotopic (exact) mass is 336 g/mol. The Kier molecular flexibility index (Phi) is 5.14.